The van der Waals surface area contributed by atoms with E-state index < -0.39 is 0 Å². The molecule has 7 heteroatoms. The molecule has 0 saturated heterocycles. The molecule has 0 saturated carbocycles. The highest BCUT2D eigenvalue weighted by Crippen LogP contribution is 2.49. The molecule has 57 heavy (non-hydrogen) atoms. The zero-order chi connectivity index (χ0) is 39.0. The molecule has 0 amide bonds. The van der Waals surface area contributed by atoms with Crippen molar-refractivity contribution in [2.75, 3.05) is 0 Å². The summed E-state index contributed by atoms with van der Waals surface area (Å²) < 4.78 is 7.43. The lowest BCUT2D eigenvalue weighted by atomic mass is 10.0. The molecule has 0 aliphatic heterocycles. The number of hydrogen-bond acceptors (Lipinski definition) is 2. The van der Waals surface area contributed by atoms with Gasteiger partial charge in [0.15, 0.2) is 5.84 Å². The third-order valence-electron chi connectivity index (χ3n) is 10.8. The van der Waals surface area contributed by atoms with Gasteiger partial charge in [0.05, 0.1) is 27.6 Å². The summed E-state index contributed by atoms with van der Waals surface area (Å²) in [6.07, 6.45) is 13.3. The molecule has 0 bridgehead atoms. The molecule has 0 radical (unpaired) electrons. The third kappa shape index (κ3) is 5.88. The maximum atomic E-state index is 7.66. The first-order valence-corrected chi connectivity index (χ1v) is 19.1. The van der Waals surface area contributed by atoms with Crippen LogP contribution in [0.5, 0.6) is 0 Å². The third-order valence-corrected chi connectivity index (χ3v) is 10.8. The minimum absolute atomic E-state index is 0.00977. The number of nitrogens with zero attached hydrogens (tertiary/aromatic N) is 4. The number of aromatic nitrogens is 3. The molecule has 1 aliphatic carbocycles. The van der Waals surface area contributed by atoms with Crippen molar-refractivity contribution >= 4 is 89.0 Å². The van der Waals surface area contributed by atoms with Crippen LogP contribution in [0, 0.1) is 10.8 Å². The number of para-hydroxylation sites is 4. The van der Waals surface area contributed by atoms with Crippen LogP contribution in [0.1, 0.15) is 18.4 Å². The summed E-state index contributed by atoms with van der Waals surface area (Å²) >= 11 is 0. The molecule has 0 spiro atoms. The van der Waals surface area contributed by atoms with Crippen molar-refractivity contribution in [2.45, 2.75) is 12.8 Å². The van der Waals surface area contributed by atoms with Crippen LogP contribution in [0.25, 0.3) is 76.8 Å². The first-order valence-electron chi connectivity index (χ1n) is 19.1. The molecular weight excluding hydrogens is 699 g/mol. The van der Waals surface area contributed by atoms with Crippen LogP contribution in [-0.4, -0.2) is 31.6 Å². The molecule has 0 unspecified atom stereocenters. The van der Waals surface area contributed by atoms with Crippen molar-refractivity contribution in [2.24, 2.45) is 17.8 Å². The molecule has 0 fully saturated rings. The van der Waals surface area contributed by atoms with Crippen LogP contribution < -0.4 is 5.73 Å². The van der Waals surface area contributed by atoms with E-state index >= 15 is 0 Å². The second-order valence-electron chi connectivity index (χ2n) is 14.2. The van der Waals surface area contributed by atoms with Gasteiger partial charge in [0.1, 0.15) is 5.84 Å². The highest BCUT2D eigenvalue weighted by molar-refractivity contribution is 6.40. The summed E-state index contributed by atoms with van der Waals surface area (Å²) in [5.41, 5.74) is 17.0. The Hall–Kier alpha value is -7.51. The van der Waals surface area contributed by atoms with E-state index in [2.05, 4.69) is 154 Å². The second-order valence-corrected chi connectivity index (χ2v) is 14.2. The fourth-order valence-corrected chi connectivity index (χ4v) is 8.34. The van der Waals surface area contributed by atoms with Gasteiger partial charge < -0.3 is 24.8 Å². The van der Waals surface area contributed by atoms with E-state index in [1.807, 2.05) is 30.3 Å². The largest absolute Gasteiger partial charge is 0.383 e. The van der Waals surface area contributed by atoms with E-state index in [0.717, 1.165) is 24.6 Å². The normalized spacial score (nSPS) is 13.2. The van der Waals surface area contributed by atoms with Gasteiger partial charge in [-0.05, 0) is 55.3 Å². The minimum atomic E-state index is -0.00977. The number of benzene rings is 6. The van der Waals surface area contributed by atoms with Crippen molar-refractivity contribution in [3.05, 3.63) is 182 Å². The molecule has 6 aromatic carbocycles. The summed E-state index contributed by atoms with van der Waals surface area (Å²) in [5.74, 6) is 0.268. The van der Waals surface area contributed by atoms with Crippen molar-refractivity contribution in [1.29, 1.82) is 10.8 Å². The van der Waals surface area contributed by atoms with Gasteiger partial charge in [0.2, 0.25) is 0 Å². The molecule has 3 heterocycles. The molecule has 276 valence electrons. The number of aliphatic imine (C=N–C) groups is 1. The zero-order valence-corrected chi connectivity index (χ0v) is 31.7. The van der Waals surface area contributed by atoms with E-state index in [0.29, 0.717) is 5.57 Å². The van der Waals surface area contributed by atoms with Gasteiger partial charge in [0.25, 0.3) is 0 Å². The molecule has 1 aliphatic rings. The summed E-state index contributed by atoms with van der Waals surface area (Å²) in [7, 11) is 2.23. The van der Waals surface area contributed by atoms with E-state index in [1.165, 1.54) is 89.0 Å². The Morgan fingerprint density at radius 3 is 1.86 bits per heavy atom. The summed E-state index contributed by atoms with van der Waals surface area (Å²) in [6, 6.07) is 46.8. The highest BCUT2D eigenvalue weighted by atomic mass is 15.0. The average Bonchev–Trinajstić information content (AvgIpc) is 3.89. The molecule has 7 nitrogen and oxygen atoms in total. The van der Waals surface area contributed by atoms with Crippen LogP contribution in [0.3, 0.4) is 0 Å². The Labute approximate surface area is 330 Å². The van der Waals surface area contributed by atoms with Crippen molar-refractivity contribution in [3.8, 4) is 5.69 Å². The molecule has 3 aromatic heterocycles. The number of fused-ring (bicyclic) bond motifs is 12. The Kier molecular flexibility index (Phi) is 9.03. The van der Waals surface area contributed by atoms with Gasteiger partial charge >= 0.3 is 0 Å². The van der Waals surface area contributed by atoms with Crippen molar-refractivity contribution in [3.63, 3.8) is 0 Å². The number of aryl methyl sites for hydroxylation is 1. The van der Waals surface area contributed by atoms with Crippen LogP contribution in [0.15, 0.2) is 181 Å². The van der Waals surface area contributed by atoms with Crippen LogP contribution in [0.2, 0.25) is 0 Å². The Morgan fingerprint density at radius 2 is 1.23 bits per heavy atom. The topological polar surface area (TPSA) is 101 Å². The number of nitrogens with one attached hydrogen (secondary N) is 2. The van der Waals surface area contributed by atoms with Gasteiger partial charge in [-0.25, -0.2) is 4.99 Å². The molecule has 9 aromatic rings. The smallest absolute Gasteiger partial charge is 0.153 e. The van der Waals surface area contributed by atoms with E-state index in [9.17, 15) is 0 Å². The first-order chi connectivity index (χ1) is 28.0. The number of rotatable bonds is 6. The summed E-state index contributed by atoms with van der Waals surface area (Å²) in [4.78, 5) is 3.95. The molecule has 0 atom stereocenters. The standard InChI is InChI=1S/C37H27N3.C13H14N4/c1-38-29-21-11-8-18-26(29)34-35-32(27-19-9-12-22-30(27)39(35)24-14-4-2-5-15-24)33-28-20-10-13-23-31(28)40(37(33)36(34)38)25-16-6-3-7-17-25;1-10(6-5-9-14)12(15)17-13(16)11-7-3-2-4-8-11/h2,4-6,8-23H,3,7H2,1H3;2-9,14H,1H2,(H3,15,16,17)/b;6-5-,14-9?. The highest BCUT2D eigenvalue weighted by Gasteiger charge is 2.27. The van der Waals surface area contributed by atoms with E-state index in [-0.39, 0.29) is 11.7 Å². The lowest BCUT2D eigenvalue weighted by Crippen LogP contribution is -2.15. The first kappa shape index (κ1) is 35.2. The average molecular weight is 740 g/mol. The van der Waals surface area contributed by atoms with Gasteiger partial charge in [-0.2, -0.15) is 0 Å². The number of amidine groups is 2. The minimum Gasteiger partial charge on any atom is -0.383 e. The van der Waals surface area contributed by atoms with Gasteiger partial charge in [-0.15, -0.1) is 0 Å². The summed E-state index contributed by atoms with van der Waals surface area (Å²) in [6.45, 7) is 3.66. The Morgan fingerprint density at radius 1 is 0.667 bits per heavy atom. The van der Waals surface area contributed by atoms with E-state index in [4.69, 9.17) is 16.6 Å². The maximum absolute atomic E-state index is 7.66. The van der Waals surface area contributed by atoms with Crippen molar-refractivity contribution < 1.29 is 0 Å². The Bertz CT molecular complexity index is 3180. The van der Waals surface area contributed by atoms with Crippen molar-refractivity contribution in [1.82, 2.24) is 13.7 Å². The van der Waals surface area contributed by atoms with Crippen LogP contribution in [-0.2, 0) is 7.05 Å². The lowest BCUT2D eigenvalue weighted by Gasteiger charge is -2.14. The van der Waals surface area contributed by atoms with Crippen LogP contribution >= 0.6 is 0 Å². The predicted octanol–water partition coefficient (Wildman–Crippen LogP) is 11.9. The van der Waals surface area contributed by atoms with Gasteiger partial charge in [-0.3, -0.25) is 5.41 Å². The van der Waals surface area contributed by atoms with Gasteiger partial charge in [-0.1, -0.05) is 128 Å². The molecular formula is C50H41N7. The number of hydrogen-bond donors (Lipinski definition) is 3. The predicted molar refractivity (Wildman–Crippen MR) is 242 cm³/mol. The molecule has 4 N–H and O–H groups in total. The monoisotopic (exact) mass is 739 g/mol. The van der Waals surface area contributed by atoms with E-state index in [1.54, 1.807) is 0 Å². The zero-order valence-electron chi connectivity index (χ0n) is 31.7. The number of nitrogens with two attached hydrogens (primary N) is 1. The quantitative estimate of drug-likeness (QED) is 0.0882. The number of allylic oxidation sites excluding steroid dienone is 5. The Balaban J connectivity index is 0.000000211. The maximum Gasteiger partial charge on any atom is 0.153 e. The fourth-order valence-electron chi connectivity index (χ4n) is 8.34. The molecule has 10 rings (SSSR count). The SMILES string of the molecule is C=C(/C=C\C=N)C(=N)N=C(N)c1ccccc1.Cn1c2ccccc2c2c1c1c(c3ccccc3n1C1=CCCC=C1)c1c3ccccc3n(-c3ccccc3)c12. The van der Waals surface area contributed by atoms with Crippen LogP contribution in [0.4, 0.5) is 0 Å². The van der Waals surface area contributed by atoms with Gasteiger partial charge in [0, 0.05) is 73.6 Å². The lowest BCUT2D eigenvalue weighted by molar-refractivity contribution is 1.01. The second kappa shape index (κ2) is 14.6. The summed E-state index contributed by atoms with van der Waals surface area (Å²) in [5, 5.41) is 22.3. The fraction of sp³-hybridized carbons (Fsp3) is 0.0600.